The number of carbonyl (C=O) groups excluding carboxylic acids is 2. The molecule has 0 aliphatic rings. The third-order valence-corrected chi connectivity index (χ3v) is 2.85. The molecular weight excluding hydrogens is 244 g/mol. The van der Waals surface area contributed by atoms with Gasteiger partial charge in [-0.05, 0) is 32.9 Å². The molecule has 0 radical (unpaired) electrons. The Morgan fingerprint density at radius 3 is 2.58 bits per heavy atom. The Bertz CT molecular complexity index is 458. The molecule has 3 N–H and O–H groups in total. The molecule has 6 nitrogen and oxygen atoms in total. The summed E-state index contributed by atoms with van der Waals surface area (Å²) in [7, 11) is 0. The van der Waals surface area contributed by atoms with Crippen LogP contribution in [0.15, 0.2) is 18.3 Å². The van der Waals surface area contributed by atoms with E-state index in [0.29, 0.717) is 18.8 Å². The van der Waals surface area contributed by atoms with Gasteiger partial charge in [0, 0.05) is 19.3 Å². The Hall–Kier alpha value is -2.11. The summed E-state index contributed by atoms with van der Waals surface area (Å²) in [6.45, 7) is 6.67. The smallest absolute Gasteiger partial charge is 0.272 e. The zero-order chi connectivity index (χ0) is 14.4. The molecule has 1 atom stereocenters. The second-order valence-electron chi connectivity index (χ2n) is 4.15. The molecule has 0 saturated heterocycles. The average Bonchev–Trinajstić information content (AvgIpc) is 2.40. The SMILES string of the molecule is CCN(CC)C(=O)C(C)NC(=O)c1ncccc1N. The highest BCUT2D eigenvalue weighted by molar-refractivity contribution is 5.99. The number of nitrogens with one attached hydrogen (secondary N) is 1. The number of pyridine rings is 1. The van der Waals surface area contributed by atoms with Gasteiger partial charge < -0.3 is 16.0 Å². The van der Waals surface area contributed by atoms with Crippen molar-refractivity contribution < 1.29 is 9.59 Å². The van der Waals surface area contributed by atoms with Crippen LogP contribution in [-0.2, 0) is 4.79 Å². The minimum Gasteiger partial charge on any atom is -0.397 e. The maximum Gasteiger partial charge on any atom is 0.272 e. The van der Waals surface area contributed by atoms with Crippen LogP contribution < -0.4 is 11.1 Å². The van der Waals surface area contributed by atoms with Crippen LogP contribution in [0.4, 0.5) is 5.69 Å². The minimum absolute atomic E-state index is 0.118. The van der Waals surface area contributed by atoms with E-state index in [-0.39, 0.29) is 11.6 Å². The van der Waals surface area contributed by atoms with Crippen molar-refractivity contribution in [3.63, 3.8) is 0 Å². The molecule has 0 aromatic carbocycles. The summed E-state index contributed by atoms with van der Waals surface area (Å²) >= 11 is 0. The van der Waals surface area contributed by atoms with Crippen LogP contribution in [0.3, 0.4) is 0 Å². The van der Waals surface area contributed by atoms with E-state index in [0.717, 1.165) is 0 Å². The number of nitrogens with two attached hydrogens (primary N) is 1. The first kappa shape index (κ1) is 14.9. The molecule has 0 aliphatic carbocycles. The third-order valence-electron chi connectivity index (χ3n) is 2.85. The number of likely N-dealkylation sites (N-methyl/N-ethyl adjacent to an activating group) is 1. The maximum absolute atomic E-state index is 12.0. The largest absolute Gasteiger partial charge is 0.397 e. The molecule has 0 fully saturated rings. The topological polar surface area (TPSA) is 88.3 Å². The van der Waals surface area contributed by atoms with Gasteiger partial charge in [0.2, 0.25) is 5.91 Å². The van der Waals surface area contributed by atoms with Crippen molar-refractivity contribution in [2.24, 2.45) is 0 Å². The van der Waals surface area contributed by atoms with E-state index in [9.17, 15) is 9.59 Å². The number of anilines is 1. The lowest BCUT2D eigenvalue weighted by Crippen LogP contribution is -2.47. The number of nitrogens with zero attached hydrogens (tertiary/aromatic N) is 2. The number of hydrogen-bond acceptors (Lipinski definition) is 4. The Labute approximate surface area is 113 Å². The van der Waals surface area contributed by atoms with Crippen LogP contribution in [0.1, 0.15) is 31.3 Å². The Morgan fingerprint density at radius 1 is 1.42 bits per heavy atom. The molecule has 0 saturated carbocycles. The van der Waals surface area contributed by atoms with E-state index >= 15 is 0 Å². The molecule has 6 heteroatoms. The van der Waals surface area contributed by atoms with Gasteiger partial charge in [0.1, 0.15) is 6.04 Å². The molecule has 2 amide bonds. The second kappa shape index (κ2) is 6.72. The zero-order valence-corrected chi connectivity index (χ0v) is 11.5. The Balaban J connectivity index is 2.72. The van der Waals surface area contributed by atoms with Crippen molar-refractivity contribution in [3.05, 3.63) is 24.0 Å². The number of amides is 2. The van der Waals surface area contributed by atoms with Crippen molar-refractivity contribution >= 4 is 17.5 Å². The van der Waals surface area contributed by atoms with Gasteiger partial charge in [0.25, 0.3) is 5.91 Å². The van der Waals surface area contributed by atoms with Crippen molar-refractivity contribution in [2.75, 3.05) is 18.8 Å². The summed E-state index contributed by atoms with van der Waals surface area (Å²) in [5, 5.41) is 2.61. The summed E-state index contributed by atoms with van der Waals surface area (Å²) in [5.74, 6) is -0.557. The highest BCUT2D eigenvalue weighted by atomic mass is 16.2. The van der Waals surface area contributed by atoms with E-state index in [1.54, 1.807) is 24.0 Å². The summed E-state index contributed by atoms with van der Waals surface area (Å²) in [4.78, 5) is 29.5. The molecule has 0 aliphatic heterocycles. The predicted octanol–water partition coefficient (Wildman–Crippen LogP) is 0.650. The second-order valence-corrected chi connectivity index (χ2v) is 4.15. The lowest BCUT2D eigenvalue weighted by molar-refractivity contribution is -0.132. The lowest BCUT2D eigenvalue weighted by atomic mass is 10.2. The Kier molecular flexibility index (Phi) is 5.29. The van der Waals surface area contributed by atoms with Crippen molar-refractivity contribution in [2.45, 2.75) is 26.8 Å². The number of carbonyl (C=O) groups is 2. The van der Waals surface area contributed by atoms with Gasteiger partial charge in [-0.3, -0.25) is 9.59 Å². The number of hydrogen-bond donors (Lipinski definition) is 2. The molecule has 1 unspecified atom stereocenters. The molecule has 104 valence electrons. The van der Waals surface area contributed by atoms with Crippen LogP contribution >= 0.6 is 0 Å². The van der Waals surface area contributed by atoms with E-state index in [4.69, 9.17) is 5.73 Å². The normalized spacial score (nSPS) is 11.7. The van der Waals surface area contributed by atoms with Crippen molar-refractivity contribution in [1.82, 2.24) is 15.2 Å². The van der Waals surface area contributed by atoms with Gasteiger partial charge in [-0.1, -0.05) is 0 Å². The van der Waals surface area contributed by atoms with E-state index in [2.05, 4.69) is 10.3 Å². The monoisotopic (exact) mass is 264 g/mol. The van der Waals surface area contributed by atoms with Gasteiger partial charge >= 0.3 is 0 Å². The molecule has 1 heterocycles. The fraction of sp³-hybridized carbons (Fsp3) is 0.462. The third kappa shape index (κ3) is 3.67. The number of rotatable bonds is 5. The summed E-state index contributed by atoms with van der Waals surface area (Å²) < 4.78 is 0. The highest BCUT2D eigenvalue weighted by Gasteiger charge is 2.21. The minimum atomic E-state index is -0.603. The van der Waals surface area contributed by atoms with Crippen LogP contribution in [0.5, 0.6) is 0 Å². The number of nitrogen functional groups attached to an aromatic ring is 1. The summed E-state index contributed by atoms with van der Waals surface area (Å²) in [6, 6.07) is 2.64. The van der Waals surface area contributed by atoms with Gasteiger partial charge in [-0.15, -0.1) is 0 Å². The Morgan fingerprint density at radius 2 is 2.05 bits per heavy atom. The average molecular weight is 264 g/mol. The molecule has 1 aromatic heterocycles. The van der Waals surface area contributed by atoms with Crippen LogP contribution in [0, 0.1) is 0 Å². The molecule has 19 heavy (non-hydrogen) atoms. The molecule has 0 bridgehead atoms. The van der Waals surface area contributed by atoms with Crippen LogP contribution in [-0.4, -0.2) is 40.8 Å². The van der Waals surface area contributed by atoms with Crippen molar-refractivity contribution in [1.29, 1.82) is 0 Å². The summed E-state index contributed by atoms with van der Waals surface area (Å²) in [5.41, 5.74) is 6.10. The van der Waals surface area contributed by atoms with Crippen LogP contribution in [0.25, 0.3) is 0 Å². The first-order chi connectivity index (χ1) is 9.01. The number of aromatic nitrogens is 1. The van der Waals surface area contributed by atoms with E-state index in [1.807, 2.05) is 13.8 Å². The van der Waals surface area contributed by atoms with E-state index in [1.165, 1.54) is 6.20 Å². The quantitative estimate of drug-likeness (QED) is 0.817. The zero-order valence-electron chi connectivity index (χ0n) is 11.5. The van der Waals surface area contributed by atoms with E-state index < -0.39 is 11.9 Å². The standard InChI is InChI=1S/C13H20N4O2/c1-4-17(5-2)13(19)9(3)16-12(18)11-10(14)7-6-8-15-11/h6-9H,4-5,14H2,1-3H3,(H,16,18). The maximum atomic E-state index is 12.0. The van der Waals surface area contributed by atoms with Crippen LogP contribution in [0.2, 0.25) is 0 Å². The predicted molar refractivity (Wildman–Crippen MR) is 73.5 cm³/mol. The molecule has 1 rings (SSSR count). The first-order valence-corrected chi connectivity index (χ1v) is 6.31. The fourth-order valence-corrected chi connectivity index (χ4v) is 1.74. The fourth-order valence-electron chi connectivity index (χ4n) is 1.74. The van der Waals surface area contributed by atoms with Crippen molar-refractivity contribution in [3.8, 4) is 0 Å². The molecule has 0 spiro atoms. The lowest BCUT2D eigenvalue weighted by Gasteiger charge is -2.23. The van der Waals surface area contributed by atoms with Gasteiger partial charge in [-0.25, -0.2) is 4.98 Å². The van der Waals surface area contributed by atoms with Gasteiger partial charge in [0.05, 0.1) is 5.69 Å². The summed E-state index contributed by atoms with van der Waals surface area (Å²) in [6.07, 6.45) is 1.49. The van der Waals surface area contributed by atoms with Gasteiger partial charge in [-0.2, -0.15) is 0 Å². The first-order valence-electron chi connectivity index (χ1n) is 6.31. The molecular formula is C13H20N4O2. The van der Waals surface area contributed by atoms with Gasteiger partial charge in [0.15, 0.2) is 5.69 Å². The highest BCUT2D eigenvalue weighted by Crippen LogP contribution is 2.07. The molecule has 1 aromatic rings.